The van der Waals surface area contributed by atoms with Crippen molar-refractivity contribution >= 4 is 23.2 Å². The topological polar surface area (TPSA) is 68.3 Å². The number of carbonyl (C=O) groups excluding carboxylic acids is 2. The summed E-state index contributed by atoms with van der Waals surface area (Å²) in [4.78, 5) is 28.9. The zero-order valence-corrected chi connectivity index (χ0v) is 14.9. The molecule has 0 saturated carbocycles. The number of piperazine rings is 1. The Hall–Kier alpha value is -2.74. The van der Waals surface area contributed by atoms with Crippen LogP contribution in [-0.2, 0) is 4.79 Å². The Morgan fingerprint density at radius 2 is 1.81 bits per heavy atom. The number of nitrogens with zero attached hydrogens (tertiary/aromatic N) is 2. The van der Waals surface area contributed by atoms with E-state index >= 15 is 0 Å². The van der Waals surface area contributed by atoms with Gasteiger partial charge < -0.3 is 24.0 Å². The van der Waals surface area contributed by atoms with Crippen LogP contribution in [-0.4, -0.2) is 61.2 Å². The lowest BCUT2D eigenvalue weighted by Crippen LogP contribution is -2.51. The fourth-order valence-corrected chi connectivity index (χ4v) is 3.61. The summed E-state index contributed by atoms with van der Waals surface area (Å²) in [6.45, 7) is 2.25. The van der Waals surface area contributed by atoms with Crippen LogP contribution in [0.5, 0.6) is 17.2 Å². The van der Waals surface area contributed by atoms with Crippen LogP contribution < -0.4 is 14.2 Å². The minimum absolute atomic E-state index is 0.0312. The second kappa shape index (κ2) is 7.25. The number of thiophene rings is 1. The van der Waals surface area contributed by atoms with Crippen LogP contribution in [0.4, 0.5) is 0 Å². The molecule has 0 unspecified atom stereocenters. The molecule has 2 aromatic rings. The molecule has 2 aliphatic heterocycles. The molecule has 8 heteroatoms. The lowest BCUT2D eigenvalue weighted by Gasteiger charge is -2.34. The maximum absolute atomic E-state index is 12.4. The molecule has 0 aliphatic carbocycles. The van der Waals surface area contributed by atoms with Crippen LogP contribution in [0.2, 0.25) is 0 Å². The van der Waals surface area contributed by atoms with Crippen LogP contribution >= 0.6 is 11.3 Å². The van der Waals surface area contributed by atoms with E-state index in [1.165, 1.54) is 11.3 Å². The lowest BCUT2D eigenvalue weighted by molar-refractivity contribution is -0.134. The second-order valence-corrected chi connectivity index (χ2v) is 6.90. The normalized spacial score (nSPS) is 15.8. The monoisotopic (exact) mass is 374 g/mol. The number of hydrogen-bond acceptors (Lipinski definition) is 6. The summed E-state index contributed by atoms with van der Waals surface area (Å²) in [7, 11) is 0. The third kappa shape index (κ3) is 3.45. The highest BCUT2D eigenvalue weighted by Gasteiger charge is 2.25. The van der Waals surface area contributed by atoms with Gasteiger partial charge in [0.25, 0.3) is 11.8 Å². The quantitative estimate of drug-likeness (QED) is 0.817. The third-order valence-corrected chi connectivity index (χ3v) is 5.22. The molecule has 1 aromatic heterocycles. The predicted octanol–water partition coefficient (Wildman–Crippen LogP) is 1.84. The summed E-state index contributed by atoms with van der Waals surface area (Å²) in [5.74, 6) is 1.80. The van der Waals surface area contributed by atoms with Gasteiger partial charge in [0.05, 0.1) is 4.88 Å². The van der Waals surface area contributed by atoms with Crippen LogP contribution in [0.15, 0.2) is 35.7 Å². The Kier molecular flexibility index (Phi) is 4.66. The molecule has 1 fully saturated rings. The first kappa shape index (κ1) is 16.7. The highest BCUT2D eigenvalue weighted by Crippen LogP contribution is 2.35. The number of ether oxygens (including phenoxy) is 3. The number of carbonyl (C=O) groups is 2. The molecule has 4 rings (SSSR count). The van der Waals surface area contributed by atoms with Gasteiger partial charge in [-0.2, -0.15) is 0 Å². The summed E-state index contributed by atoms with van der Waals surface area (Å²) in [5.41, 5.74) is 0. The molecule has 3 heterocycles. The van der Waals surface area contributed by atoms with E-state index in [1.54, 1.807) is 28.0 Å². The van der Waals surface area contributed by atoms with Crippen molar-refractivity contribution in [3.63, 3.8) is 0 Å². The zero-order chi connectivity index (χ0) is 17.9. The summed E-state index contributed by atoms with van der Waals surface area (Å²) in [5, 5.41) is 1.89. The van der Waals surface area contributed by atoms with Gasteiger partial charge in [0.15, 0.2) is 18.1 Å². The Morgan fingerprint density at radius 1 is 1.04 bits per heavy atom. The number of amides is 2. The highest BCUT2D eigenvalue weighted by molar-refractivity contribution is 7.12. The summed E-state index contributed by atoms with van der Waals surface area (Å²) < 4.78 is 16.1. The van der Waals surface area contributed by atoms with Crippen LogP contribution in [0.3, 0.4) is 0 Å². The van der Waals surface area contributed by atoms with Gasteiger partial charge >= 0.3 is 0 Å². The minimum Gasteiger partial charge on any atom is -0.484 e. The van der Waals surface area contributed by atoms with Crippen molar-refractivity contribution in [1.29, 1.82) is 0 Å². The molecular formula is C18H18N2O5S. The maximum Gasteiger partial charge on any atom is 0.264 e. The van der Waals surface area contributed by atoms with Crippen molar-refractivity contribution in [2.45, 2.75) is 0 Å². The average molecular weight is 374 g/mol. The van der Waals surface area contributed by atoms with Crippen molar-refractivity contribution in [3.8, 4) is 17.2 Å². The van der Waals surface area contributed by atoms with Crippen molar-refractivity contribution in [3.05, 3.63) is 40.6 Å². The van der Waals surface area contributed by atoms with E-state index in [2.05, 4.69) is 0 Å². The fourth-order valence-electron chi connectivity index (χ4n) is 2.92. The van der Waals surface area contributed by atoms with E-state index in [4.69, 9.17) is 14.2 Å². The van der Waals surface area contributed by atoms with Gasteiger partial charge in [-0.25, -0.2) is 0 Å². The molecule has 26 heavy (non-hydrogen) atoms. The first-order valence-corrected chi connectivity index (χ1v) is 9.22. The molecule has 0 N–H and O–H groups in total. The molecule has 136 valence electrons. The molecule has 1 aromatic carbocycles. The van der Waals surface area contributed by atoms with E-state index in [0.29, 0.717) is 43.4 Å². The number of hydrogen-bond donors (Lipinski definition) is 0. The molecule has 0 bridgehead atoms. The van der Waals surface area contributed by atoms with Crippen molar-refractivity contribution in [2.75, 3.05) is 39.6 Å². The van der Waals surface area contributed by atoms with Crippen molar-refractivity contribution in [2.24, 2.45) is 0 Å². The predicted molar refractivity (Wildman–Crippen MR) is 94.9 cm³/mol. The molecular weight excluding hydrogens is 356 g/mol. The highest BCUT2D eigenvalue weighted by atomic mass is 32.1. The van der Waals surface area contributed by atoms with Gasteiger partial charge in [-0.1, -0.05) is 6.07 Å². The van der Waals surface area contributed by atoms with E-state index in [1.807, 2.05) is 17.5 Å². The van der Waals surface area contributed by atoms with Gasteiger partial charge in [-0.3, -0.25) is 9.59 Å². The van der Waals surface area contributed by atoms with Gasteiger partial charge in [0, 0.05) is 32.2 Å². The molecule has 1 saturated heterocycles. The summed E-state index contributed by atoms with van der Waals surface area (Å²) >= 11 is 1.44. The van der Waals surface area contributed by atoms with Crippen LogP contribution in [0.1, 0.15) is 9.67 Å². The first-order chi connectivity index (χ1) is 12.7. The van der Waals surface area contributed by atoms with E-state index in [0.717, 1.165) is 4.88 Å². The number of rotatable bonds is 4. The Labute approximate surface area is 154 Å². The van der Waals surface area contributed by atoms with Gasteiger partial charge in [0.1, 0.15) is 5.75 Å². The summed E-state index contributed by atoms with van der Waals surface area (Å²) in [6, 6.07) is 8.91. The molecule has 0 radical (unpaired) electrons. The number of fused-ring (bicyclic) bond motifs is 1. The maximum atomic E-state index is 12.4. The van der Waals surface area contributed by atoms with Gasteiger partial charge in [-0.15, -0.1) is 11.3 Å². The minimum atomic E-state index is -0.0918. The average Bonchev–Trinajstić information content (AvgIpc) is 3.37. The Balaban J connectivity index is 1.26. The zero-order valence-electron chi connectivity index (χ0n) is 14.1. The molecule has 2 amide bonds. The van der Waals surface area contributed by atoms with Crippen LogP contribution in [0.25, 0.3) is 0 Å². The third-order valence-electron chi connectivity index (χ3n) is 4.36. The first-order valence-electron chi connectivity index (χ1n) is 8.34. The number of benzene rings is 1. The van der Waals surface area contributed by atoms with Gasteiger partial charge in [0.2, 0.25) is 6.79 Å². The summed E-state index contributed by atoms with van der Waals surface area (Å²) in [6.07, 6.45) is 0. The Bertz CT molecular complexity index is 800. The van der Waals surface area contributed by atoms with Gasteiger partial charge in [-0.05, 0) is 23.6 Å². The molecule has 2 aliphatic rings. The largest absolute Gasteiger partial charge is 0.484 e. The Morgan fingerprint density at radius 3 is 2.58 bits per heavy atom. The van der Waals surface area contributed by atoms with E-state index in [-0.39, 0.29) is 25.2 Å². The lowest BCUT2D eigenvalue weighted by atomic mass is 10.3. The SMILES string of the molecule is O=C(COc1ccc2c(c1)OCO2)N1CCN(C(=O)c2cccs2)CC1. The molecule has 0 atom stereocenters. The molecule has 0 spiro atoms. The van der Waals surface area contributed by atoms with E-state index < -0.39 is 0 Å². The fraction of sp³-hybridized carbons (Fsp3) is 0.333. The van der Waals surface area contributed by atoms with Crippen molar-refractivity contribution < 1.29 is 23.8 Å². The standard InChI is InChI=1S/C18H18N2O5S/c21-17(11-23-13-3-4-14-15(10-13)25-12-24-14)19-5-7-20(8-6-19)18(22)16-2-1-9-26-16/h1-4,9-10H,5-8,11-12H2. The van der Waals surface area contributed by atoms with Crippen molar-refractivity contribution in [1.82, 2.24) is 9.80 Å². The smallest absolute Gasteiger partial charge is 0.264 e. The second-order valence-electron chi connectivity index (χ2n) is 5.95. The van der Waals surface area contributed by atoms with E-state index in [9.17, 15) is 9.59 Å². The van der Waals surface area contributed by atoms with Crippen LogP contribution in [0, 0.1) is 0 Å². The molecule has 7 nitrogen and oxygen atoms in total.